The van der Waals surface area contributed by atoms with Gasteiger partial charge in [-0.3, -0.25) is 9.48 Å². The summed E-state index contributed by atoms with van der Waals surface area (Å²) in [7, 11) is 1.58. The lowest BCUT2D eigenvalue weighted by Gasteiger charge is -2.14. The Bertz CT molecular complexity index is 884. The molecular weight excluding hydrogens is 296 g/mol. The van der Waals surface area contributed by atoms with Crippen LogP contribution in [0.25, 0.3) is 10.9 Å². The molecule has 0 amide bonds. The lowest BCUT2D eigenvalue weighted by Crippen LogP contribution is -2.27. The van der Waals surface area contributed by atoms with E-state index in [0.29, 0.717) is 10.9 Å². The van der Waals surface area contributed by atoms with Gasteiger partial charge < -0.3 is 9.84 Å². The van der Waals surface area contributed by atoms with Gasteiger partial charge in [-0.2, -0.15) is 10.2 Å². The summed E-state index contributed by atoms with van der Waals surface area (Å²) in [4.78, 5) is 12.1. The average Bonchev–Trinajstić information content (AvgIpc) is 2.94. The van der Waals surface area contributed by atoms with Gasteiger partial charge in [0.1, 0.15) is 24.0 Å². The van der Waals surface area contributed by atoms with Crippen molar-refractivity contribution in [2.45, 2.75) is 19.6 Å². The molecule has 0 spiro atoms. The molecule has 1 atom stereocenters. The Labute approximate surface area is 132 Å². The van der Waals surface area contributed by atoms with Crippen LogP contribution >= 0.6 is 0 Å². The zero-order valence-corrected chi connectivity index (χ0v) is 13.0. The van der Waals surface area contributed by atoms with E-state index in [1.54, 1.807) is 19.4 Å². The largest absolute Gasteiger partial charge is 0.491 e. The fourth-order valence-electron chi connectivity index (χ4n) is 2.38. The second-order valence-corrected chi connectivity index (χ2v) is 5.43. The van der Waals surface area contributed by atoms with E-state index in [1.807, 2.05) is 31.2 Å². The van der Waals surface area contributed by atoms with Crippen molar-refractivity contribution in [2.24, 2.45) is 7.05 Å². The molecular formula is C16H18N4O3. The topological polar surface area (TPSA) is 82.2 Å². The Morgan fingerprint density at radius 2 is 2.00 bits per heavy atom. The number of nitrogens with zero attached hydrogens (tertiary/aromatic N) is 4. The van der Waals surface area contributed by atoms with Crippen molar-refractivity contribution in [1.82, 2.24) is 19.6 Å². The molecule has 1 aromatic carbocycles. The second-order valence-electron chi connectivity index (χ2n) is 5.43. The van der Waals surface area contributed by atoms with Crippen molar-refractivity contribution < 1.29 is 9.84 Å². The molecule has 0 saturated heterocycles. The number of aryl methyl sites for hydroxylation is 2. The van der Waals surface area contributed by atoms with Crippen molar-refractivity contribution in [3.63, 3.8) is 0 Å². The maximum atomic E-state index is 12.1. The second kappa shape index (κ2) is 6.21. The predicted octanol–water partition coefficient (Wildman–Crippen LogP) is 0.878. The minimum absolute atomic E-state index is 0.123. The first-order valence-electron chi connectivity index (χ1n) is 7.30. The minimum Gasteiger partial charge on any atom is -0.491 e. The lowest BCUT2D eigenvalue weighted by molar-refractivity contribution is 0.0901. The molecule has 7 heteroatoms. The van der Waals surface area contributed by atoms with Crippen LogP contribution in [0.2, 0.25) is 0 Å². The van der Waals surface area contributed by atoms with Crippen LogP contribution in [-0.2, 0) is 13.6 Å². The summed E-state index contributed by atoms with van der Waals surface area (Å²) in [5.74, 6) is 0.733. The number of para-hydroxylation sites is 1. The maximum Gasteiger partial charge on any atom is 0.292 e. The monoisotopic (exact) mass is 314 g/mol. The third-order valence-corrected chi connectivity index (χ3v) is 3.64. The first-order valence-corrected chi connectivity index (χ1v) is 7.30. The molecule has 7 nitrogen and oxygen atoms in total. The van der Waals surface area contributed by atoms with Gasteiger partial charge in [0.25, 0.3) is 5.56 Å². The number of aliphatic hydroxyl groups is 1. The number of aliphatic hydroxyl groups excluding tert-OH is 1. The van der Waals surface area contributed by atoms with Gasteiger partial charge in [0, 0.05) is 12.4 Å². The SMILES string of the molecule is Cc1ccccc1OCC(O)Cn1ncc2cnn(C)c(=O)c21. The molecule has 0 radical (unpaired) electrons. The van der Waals surface area contributed by atoms with Gasteiger partial charge in [-0.1, -0.05) is 18.2 Å². The highest BCUT2D eigenvalue weighted by Crippen LogP contribution is 2.16. The summed E-state index contributed by atoms with van der Waals surface area (Å²) in [5.41, 5.74) is 1.19. The van der Waals surface area contributed by atoms with Gasteiger partial charge in [0.15, 0.2) is 0 Å². The fourth-order valence-corrected chi connectivity index (χ4v) is 2.38. The van der Waals surface area contributed by atoms with Crippen LogP contribution in [0.4, 0.5) is 0 Å². The standard InChI is InChI=1S/C16H18N4O3/c1-11-5-3-4-6-14(11)23-10-13(21)9-20-15-12(8-18-20)7-17-19(2)16(15)22/h3-8,13,21H,9-10H2,1-2H3. The minimum atomic E-state index is -0.782. The van der Waals surface area contributed by atoms with Crippen molar-refractivity contribution in [3.8, 4) is 5.75 Å². The third-order valence-electron chi connectivity index (χ3n) is 3.64. The molecule has 23 heavy (non-hydrogen) atoms. The van der Waals surface area contributed by atoms with E-state index >= 15 is 0 Å². The van der Waals surface area contributed by atoms with Crippen molar-refractivity contribution >= 4 is 10.9 Å². The number of hydrogen-bond acceptors (Lipinski definition) is 5. The summed E-state index contributed by atoms with van der Waals surface area (Å²) in [6.07, 6.45) is 2.37. The van der Waals surface area contributed by atoms with Crippen LogP contribution in [0.5, 0.6) is 5.75 Å². The van der Waals surface area contributed by atoms with Gasteiger partial charge in [-0.15, -0.1) is 0 Å². The molecule has 0 bridgehead atoms. The van der Waals surface area contributed by atoms with E-state index in [4.69, 9.17) is 4.74 Å². The highest BCUT2D eigenvalue weighted by Gasteiger charge is 2.13. The molecule has 3 aromatic rings. The zero-order valence-electron chi connectivity index (χ0n) is 13.0. The number of fused-ring (bicyclic) bond motifs is 1. The van der Waals surface area contributed by atoms with Gasteiger partial charge in [-0.25, -0.2) is 4.68 Å². The number of aromatic nitrogens is 4. The maximum absolute atomic E-state index is 12.1. The molecule has 0 aliphatic rings. The van der Waals surface area contributed by atoms with Crippen LogP contribution in [0.3, 0.4) is 0 Å². The van der Waals surface area contributed by atoms with E-state index in [0.717, 1.165) is 11.3 Å². The number of rotatable bonds is 5. The summed E-state index contributed by atoms with van der Waals surface area (Å²) < 4.78 is 8.36. The molecule has 0 aliphatic carbocycles. The molecule has 0 aliphatic heterocycles. The van der Waals surface area contributed by atoms with Gasteiger partial charge >= 0.3 is 0 Å². The van der Waals surface area contributed by atoms with E-state index < -0.39 is 6.10 Å². The smallest absolute Gasteiger partial charge is 0.292 e. The number of benzene rings is 1. The Kier molecular flexibility index (Phi) is 4.12. The summed E-state index contributed by atoms with van der Waals surface area (Å²) >= 11 is 0. The normalized spacial score (nSPS) is 12.5. The van der Waals surface area contributed by atoms with Crippen LogP contribution in [-0.4, -0.2) is 37.4 Å². The Balaban J connectivity index is 1.73. The highest BCUT2D eigenvalue weighted by molar-refractivity contribution is 5.76. The van der Waals surface area contributed by atoms with Crippen molar-refractivity contribution in [1.29, 1.82) is 0 Å². The van der Waals surface area contributed by atoms with E-state index in [2.05, 4.69) is 10.2 Å². The molecule has 2 aromatic heterocycles. The van der Waals surface area contributed by atoms with E-state index in [-0.39, 0.29) is 18.7 Å². The number of ether oxygens (including phenoxy) is 1. The predicted molar refractivity (Wildman–Crippen MR) is 85.4 cm³/mol. The molecule has 1 unspecified atom stereocenters. The molecule has 3 rings (SSSR count). The van der Waals surface area contributed by atoms with Crippen molar-refractivity contribution in [3.05, 3.63) is 52.6 Å². The summed E-state index contributed by atoms with van der Waals surface area (Å²) in [5, 5.41) is 18.9. The van der Waals surface area contributed by atoms with Gasteiger partial charge in [0.2, 0.25) is 0 Å². The molecule has 0 saturated carbocycles. The third kappa shape index (κ3) is 3.09. The van der Waals surface area contributed by atoms with E-state index in [9.17, 15) is 9.90 Å². The van der Waals surface area contributed by atoms with Crippen LogP contribution in [0, 0.1) is 6.92 Å². The van der Waals surface area contributed by atoms with Gasteiger partial charge in [-0.05, 0) is 18.6 Å². The van der Waals surface area contributed by atoms with Crippen LogP contribution in [0.1, 0.15) is 5.56 Å². The Hall–Kier alpha value is -2.67. The molecule has 1 N–H and O–H groups in total. The Morgan fingerprint density at radius 1 is 1.26 bits per heavy atom. The quantitative estimate of drug-likeness (QED) is 0.756. The lowest BCUT2D eigenvalue weighted by atomic mass is 10.2. The first kappa shape index (κ1) is 15.2. The molecule has 2 heterocycles. The summed E-state index contributed by atoms with van der Waals surface area (Å²) in [6, 6.07) is 7.61. The zero-order chi connectivity index (χ0) is 16.4. The van der Waals surface area contributed by atoms with Crippen molar-refractivity contribution in [2.75, 3.05) is 6.61 Å². The molecule has 0 fully saturated rings. The average molecular weight is 314 g/mol. The van der Waals surface area contributed by atoms with Crippen LogP contribution < -0.4 is 10.3 Å². The Morgan fingerprint density at radius 3 is 2.78 bits per heavy atom. The molecule has 120 valence electrons. The van der Waals surface area contributed by atoms with E-state index in [1.165, 1.54) is 9.36 Å². The first-order chi connectivity index (χ1) is 11.1. The fraction of sp³-hybridized carbons (Fsp3) is 0.312. The summed E-state index contributed by atoms with van der Waals surface area (Å²) in [6.45, 7) is 2.24. The van der Waals surface area contributed by atoms with Gasteiger partial charge in [0.05, 0.1) is 18.9 Å². The van der Waals surface area contributed by atoms with Crippen LogP contribution in [0.15, 0.2) is 41.5 Å². The number of hydrogen-bond donors (Lipinski definition) is 1. The highest BCUT2D eigenvalue weighted by atomic mass is 16.5.